The van der Waals surface area contributed by atoms with Gasteiger partial charge in [-0.2, -0.15) is 13.2 Å². The minimum absolute atomic E-state index is 0.00704. The number of methoxy groups -OCH3 is 1. The predicted molar refractivity (Wildman–Crippen MR) is 68.8 cm³/mol. The average molecular weight is 298 g/mol. The maximum absolute atomic E-state index is 13.8. The van der Waals surface area contributed by atoms with Gasteiger partial charge in [-0.1, -0.05) is 12.1 Å². The van der Waals surface area contributed by atoms with Crippen molar-refractivity contribution in [3.05, 3.63) is 53.3 Å². The zero-order valence-electron chi connectivity index (χ0n) is 10.9. The molecule has 2 aromatic rings. The Hall–Kier alpha value is -2.37. The van der Waals surface area contributed by atoms with E-state index in [-0.39, 0.29) is 11.3 Å². The van der Waals surface area contributed by atoms with Gasteiger partial charge >= 0.3 is 6.18 Å². The van der Waals surface area contributed by atoms with Gasteiger partial charge in [0.1, 0.15) is 0 Å². The first-order valence-electron chi connectivity index (χ1n) is 5.87. The van der Waals surface area contributed by atoms with Crippen LogP contribution in [0.5, 0.6) is 5.75 Å². The van der Waals surface area contributed by atoms with Gasteiger partial charge in [0.05, 0.1) is 18.2 Å². The lowest BCUT2D eigenvalue weighted by Gasteiger charge is -2.10. The van der Waals surface area contributed by atoms with Crippen LogP contribution in [0.15, 0.2) is 36.4 Å². The second-order valence-electron chi connectivity index (χ2n) is 4.27. The Morgan fingerprint density at radius 1 is 1.05 bits per heavy atom. The molecule has 110 valence electrons. The molecule has 0 spiro atoms. The smallest absolute Gasteiger partial charge is 0.416 e. The molecule has 0 saturated carbocycles. The molecule has 0 N–H and O–H groups in total. The van der Waals surface area contributed by atoms with Gasteiger partial charge in [0.25, 0.3) is 0 Å². The van der Waals surface area contributed by atoms with Crippen LogP contribution in [0, 0.1) is 5.82 Å². The number of carbonyl (C=O) groups excluding carboxylic acids is 1. The SMILES string of the molecule is COc1c(F)cc(-c2ccc(C(F)(F)F)cc2)cc1C=O. The second-order valence-corrected chi connectivity index (χ2v) is 4.27. The Bertz CT molecular complexity index is 661. The lowest BCUT2D eigenvalue weighted by Crippen LogP contribution is -2.04. The van der Waals surface area contributed by atoms with Crippen molar-refractivity contribution in [3.8, 4) is 16.9 Å². The Morgan fingerprint density at radius 3 is 2.14 bits per heavy atom. The molecule has 0 fully saturated rings. The lowest BCUT2D eigenvalue weighted by atomic mass is 10.0. The van der Waals surface area contributed by atoms with Gasteiger partial charge in [-0.05, 0) is 35.4 Å². The van der Waals surface area contributed by atoms with Crippen LogP contribution in [0.3, 0.4) is 0 Å². The van der Waals surface area contributed by atoms with Crippen molar-refractivity contribution < 1.29 is 27.1 Å². The fourth-order valence-electron chi connectivity index (χ4n) is 1.94. The molecule has 0 aliphatic rings. The summed E-state index contributed by atoms with van der Waals surface area (Å²) in [6.07, 6.45) is -4.01. The second kappa shape index (κ2) is 5.55. The Kier molecular flexibility index (Phi) is 3.97. The molecule has 2 aromatic carbocycles. The van der Waals surface area contributed by atoms with E-state index in [4.69, 9.17) is 4.74 Å². The molecule has 2 nitrogen and oxygen atoms in total. The lowest BCUT2D eigenvalue weighted by molar-refractivity contribution is -0.137. The summed E-state index contributed by atoms with van der Waals surface area (Å²) >= 11 is 0. The fourth-order valence-corrected chi connectivity index (χ4v) is 1.94. The maximum atomic E-state index is 13.8. The van der Waals surface area contributed by atoms with Gasteiger partial charge in [0, 0.05) is 0 Å². The third-order valence-corrected chi connectivity index (χ3v) is 2.95. The van der Waals surface area contributed by atoms with Crippen LogP contribution in [-0.2, 0) is 6.18 Å². The highest BCUT2D eigenvalue weighted by atomic mass is 19.4. The van der Waals surface area contributed by atoms with Crippen molar-refractivity contribution in [2.24, 2.45) is 0 Å². The number of rotatable bonds is 3. The van der Waals surface area contributed by atoms with Crippen molar-refractivity contribution in [1.82, 2.24) is 0 Å². The highest BCUT2D eigenvalue weighted by molar-refractivity contribution is 5.83. The number of ether oxygens (including phenoxy) is 1. The molecule has 0 unspecified atom stereocenters. The summed E-state index contributed by atoms with van der Waals surface area (Å²) in [6, 6.07) is 6.71. The molecule has 0 aliphatic carbocycles. The van der Waals surface area contributed by atoms with Crippen molar-refractivity contribution >= 4 is 6.29 Å². The Labute approximate surface area is 118 Å². The number of carbonyl (C=O) groups is 1. The highest BCUT2D eigenvalue weighted by Crippen LogP contribution is 2.33. The minimum atomic E-state index is -4.43. The fraction of sp³-hybridized carbons (Fsp3) is 0.133. The molecular weight excluding hydrogens is 288 g/mol. The number of aldehydes is 1. The van der Waals surface area contributed by atoms with Gasteiger partial charge in [-0.25, -0.2) is 4.39 Å². The van der Waals surface area contributed by atoms with E-state index < -0.39 is 17.6 Å². The van der Waals surface area contributed by atoms with Gasteiger partial charge in [0.15, 0.2) is 17.9 Å². The van der Waals surface area contributed by atoms with Gasteiger partial charge in [-0.15, -0.1) is 0 Å². The van der Waals surface area contributed by atoms with E-state index in [0.29, 0.717) is 17.4 Å². The van der Waals surface area contributed by atoms with Gasteiger partial charge in [0.2, 0.25) is 0 Å². The van der Waals surface area contributed by atoms with E-state index in [2.05, 4.69) is 0 Å². The molecule has 0 aliphatic heterocycles. The van der Waals surface area contributed by atoms with E-state index in [9.17, 15) is 22.4 Å². The van der Waals surface area contributed by atoms with Gasteiger partial charge < -0.3 is 4.74 Å². The number of alkyl halides is 3. The molecule has 6 heteroatoms. The summed E-state index contributed by atoms with van der Waals surface area (Å²) in [5.41, 5.74) is -0.139. The van der Waals surface area contributed by atoms with Crippen LogP contribution in [0.4, 0.5) is 17.6 Å². The number of halogens is 4. The zero-order chi connectivity index (χ0) is 15.6. The molecule has 0 amide bonds. The highest BCUT2D eigenvalue weighted by Gasteiger charge is 2.30. The van der Waals surface area contributed by atoms with Crippen LogP contribution in [-0.4, -0.2) is 13.4 Å². The first-order valence-corrected chi connectivity index (χ1v) is 5.87. The van der Waals surface area contributed by atoms with Crippen molar-refractivity contribution in [1.29, 1.82) is 0 Å². The van der Waals surface area contributed by atoms with Crippen LogP contribution < -0.4 is 4.74 Å². The van der Waals surface area contributed by atoms with E-state index in [1.807, 2.05) is 0 Å². The molecule has 0 heterocycles. The topological polar surface area (TPSA) is 26.3 Å². The predicted octanol–water partition coefficient (Wildman–Crippen LogP) is 4.33. The normalized spacial score (nSPS) is 11.3. The average Bonchev–Trinajstić information content (AvgIpc) is 2.45. The third kappa shape index (κ3) is 3.04. The standard InChI is InChI=1S/C15H10F4O2/c1-21-14-11(8-20)6-10(7-13(14)16)9-2-4-12(5-3-9)15(17,18)19/h2-8H,1H3. The van der Waals surface area contributed by atoms with Crippen molar-refractivity contribution in [2.45, 2.75) is 6.18 Å². The molecule has 0 bridgehead atoms. The van der Waals surface area contributed by atoms with E-state index >= 15 is 0 Å². The first-order chi connectivity index (χ1) is 9.86. The number of benzene rings is 2. The van der Waals surface area contributed by atoms with Crippen molar-refractivity contribution in [2.75, 3.05) is 7.11 Å². The summed E-state index contributed by atoms with van der Waals surface area (Å²) in [7, 11) is 1.23. The molecule has 0 aromatic heterocycles. The Morgan fingerprint density at radius 2 is 1.67 bits per heavy atom. The molecule has 0 saturated heterocycles. The largest absolute Gasteiger partial charge is 0.493 e. The van der Waals surface area contributed by atoms with E-state index in [1.54, 1.807) is 0 Å². The Balaban J connectivity index is 2.47. The zero-order valence-corrected chi connectivity index (χ0v) is 10.9. The monoisotopic (exact) mass is 298 g/mol. The number of hydrogen-bond donors (Lipinski definition) is 0. The van der Waals surface area contributed by atoms with Crippen LogP contribution in [0.1, 0.15) is 15.9 Å². The first kappa shape index (κ1) is 15.0. The molecule has 2 rings (SSSR count). The van der Waals surface area contributed by atoms with Crippen LogP contribution >= 0.6 is 0 Å². The summed E-state index contributed by atoms with van der Waals surface area (Å²) in [4.78, 5) is 10.9. The molecular formula is C15H10F4O2. The summed E-state index contributed by atoms with van der Waals surface area (Å²) in [5.74, 6) is -0.947. The van der Waals surface area contributed by atoms with Crippen LogP contribution in [0.2, 0.25) is 0 Å². The summed E-state index contributed by atoms with van der Waals surface area (Å²) in [6.45, 7) is 0. The third-order valence-electron chi connectivity index (χ3n) is 2.95. The number of hydrogen-bond acceptors (Lipinski definition) is 2. The summed E-state index contributed by atoms with van der Waals surface area (Å²) in [5, 5.41) is 0. The van der Waals surface area contributed by atoms with Crippen molar-refractivity contribution in [3.63, 3.8) is 0 Å². The minimum Gasteiger partial charge on any atom is -0.493 e. The maximum Gasteiger partial charge on any atom is 0.416 e. The van der Waals surface area contributed by atoms with Crippen LogP contribution in [0.25, 0.3) is 11.1 Å². The molecule has 0 radical (unpaired) electrons. The van der Waals surface area contributed by atoms with E-state index in [0.717, 1.165) is 18.2 Å². The molecule has 21 heavy (non-hydrogen) atoms. The molecule has 0 atom stereocenters. The summed E-state index contributed by atoms with van der Waals surface area (Å²) < 4.78 is 56.0. The van der Waals surface area contributed by atoms with E-state index in [1.165, 1.54) is 25.3 Å². The quantitative estimate of drug-likeness (QED) is 0.622. The van der Waals surface area contributed by atoms with Gasteiger partial charge in [-0.3, -0.25) is 4.79 Å².